The van der Waals surface area contributed by atoms with E-state index in [9.17, 15) is 0 Å². The average Bonchev–Trinajstić information content (AvgIpc) is 2.49. The van der Waals surface area contributed by atoms with Gasteiger partial charge < -0.3 is 0 Å². The molecule has 1 aromatic carbocycles. The molecule has 2 aromatic rings. The van der Waals surface area contributed by atoms with E-state index in [1.807, 2.05) is 6.92 Å². The van der Waals surface area contributed by atoms with E-state index in [1.165, 1.54) is 27.2 Å². The van der Waals surface area contributed by atoms with E-state index >= 15 is 0 Å². The van der Waals surface area contributed by atoms with Gasteiger partial charge in [0, 0.05) is 5.39 Å². The number of aromatic nitrogens is 1. The molecule has 2 heteroatoms. The van der Waals surface area contributed by atoms with E-state index in [1.54, 1.807) is 0 Å². The fraction of sp³-hybridized carbons (Fsp3) is 0.182. The van der Waals surface area contributed by atoms with Gasteiger partial charge in [-0.05, 0) is 42.9 Å². The lowest BCUT2D eigenvalue weighted by molar-refractivity contribution is 1.50. The first kappa shape index (κ1) is 8.28. The minimum absolute atomic E-state index is 0.905. The normalized spacial score (nSPS) is 9.69. The van der Waals surface area contributed by atoms with Crippen molar-refractivity contribution in [2.75, 3.05) is 0 Å². The van der Waals surface area contributed by atoms with Crippen LogP contribution in [0.4, 0.5) is 0 Å². The van der Waals surface area contributed by atoms with Gasteiger partial charge in [0.2, 0.25) is 0 Å². The van der Waals surface area contributed by atoms with E-state index in [0.717, 1.165) is 5.69 Å². The van der Waals surface area contributed by atoms with Crippen molar-refractivity contribution >= 4 is 21.6 Å². The van der Waals surface area contributed by atoms with Gasteiger partial charge in [-0.3, -0.25) is 0 Å². The number of aryl methyl sites for hydroxylation is 1. The summed E-state index contributed by atoms with van der Waals surface area (Å²) in [6.45, 7) is 3.92. The van der Waals surface area contributed by atoms with Crippen LogP contribution in [0, 0.1) is 18.8 Å². The van der Waals surface area contributed by atoms with Gasteiger partial charge in [-0.15, -0.1) is 0 Å². The highest BCUT2D eigenvalue weighted by Crippen LogP contribution is 2.22. The van der Waals surface area contributed by atoms with Gasteiger partial charge in [-0.25, -0.2) is 0 Å². The molecule has 0 aliphatic carbocycles. The molecule has 1 nitrogen and oxygen atoms in total. The average molecular weight is 187 g/mol. The molecule has 0 N–H and O–H groups in total. The number of benzene rings is 1. The summed E-state index contributed by atoms with van der Waals surface area (Å²) in [6, 6.07) is 6.33. The summed E-state index contributed by atoms with van der Waals surface area (Å²) in [6.07, 6.45) is 0. The topological polar surface area (TPSA) is 12.9 Å². The van der Waals surface area contributed by atoms with Crippen molar-refractivity contribution in [1.82, 2.24) is 4.37 Å². The quantitative estimate of drug-likeness (QED) is 0.578. The van der Waals surface area contributed by atoms with E-state index in [0.29, 0.717) is 0 Å². The monoisotopic (exact) mass is 187 g/mol. The number of hydrogen-bond donors (Lipinski definition) is 0. The van der Waals surface area contributed by atoms with Crippen LogP contribution in [0.25, 0.3) is 10.1 Å². The molecule has 0 aliphatic rings. The number of hydrogen-bond acceptors (Lipinski definition) is 2. The second-order valence-electron chi connectivity index (χ2n) is 2.91. The van der Waals surface area contributed by atoms with Gasteiger partial charge in [-0.1, -0.05) is 18.1 Å². The summed E-state index contributed by atoms with van der Waals surface area (Å²) in [7, 11) is 0. The molecule has 0 radical (unpaired) electrons. The summed E-state index contributed by atoms with van der Waals surface area (Å²) in [5.74, 6) is 5.87. The molecule has 0 amide bonds. The Kier molecular flexibility index (Phi) is 2.03. The zero-order valence-electron chi connectivity index (χ0n) is 7.59. The zero-order valence-corrected chi connectivity index (χ0v) is 8.40. The highest BCUT2D eigenvalue weighted by Gasteiger charge is 2.02. The fourth-order valence-electron chi connectivity index (χ4n) is 1.25. The molecule has 64 valence electrons. The first-order valence-electron chi connectivity index (χ1n) is 4.10. The minimum atomic E-state index is 0.905. The fourth-order valence-corrected chi connectivity index (χ4v) is 2.09. The maximum absolute atomic E-state index is 4.29. The molecular weight excluding hydrogens is 178 g/mol. The lowest BCUT2D eigenvalue weighted by Crippen LogP contribution is -1.74. The Hall–Kier alpha value is -1.33. The van der Waals surface area contributed by atoms with E-state index < -0.39 is 0 Å². The third-order valence-electron chi connectivity index (χ3n) is 1.87. The Morgan fingerprint density at radius 1 is 1.38 bits per heavy atom. The maximum Gasteiger partial charge on any atom is 0.134 e. The maximum atomic E-state index is 4.29. The van der Waals surface area contributed by atoms with Gasteiger partial charge in [-0.2, -0.15) is 4.37 Å². The van der Waals surface area contributed by atoms with E-state index in [4.69, 9.17) is 0 Å². The summed E-state index contributed by atoms with van der Waals surface area (Å²) in [5, 5.41) is 1.17. The molecule has 1 heterocycles. The Bertz CT molecular complexity index is 500. The summed E-state index contributed by atoms with van der Waals surface area (Å²) >= 11 is 1.52. The van der Waals surface area contributed by atoms with Crippen LogP contribution >= 0.6 is 11.5 Å². The predicted molar refractivity (Wildman–Crippen MR) is 56.9 cm³/mol. The second kappa shape index (κ2) is 3.20. The van der Waals surface area contributed by atoms with Crippen LogP contribution < -0.4 is 0 Å². The van der Waals surface area contributed by atoms with Crippen LogP contribution in [0.1, 0.15) is 18.2 Å². The second-order valence-corrected chi connectivity index (χ2v) is 3.71. The number of nitrogens with zero attached hydrogens (tertiary/aromatic N) is 1. The molecule has 0 saturated heterocycles. The molecule has 0 atom stereocenters. The molecule has 0 spiro atoms. The molecule has 2 rings (SSSR count). The minimum Gasteiger partial charge on any atom is -0.183 e. The summed E-state index contributed by atoms with van der Waals surface area (Å²) < 4.78 is 5.51. The Morgan fingerprint density at radius 2 is 2.23 bits per heavy atom. The van der Waals surface area contributed by atoms with E-state index in [-0.39, 0.29) is 0 Å². The number of rotatable bonds is 0. The van der Waals surface area contributed by atoms with Crippen LogP contribution in [0.5, 0.6) is 0 Å². The van der Waals surface area contributed by atoms with Gasteiger partial charge in [0.1, 0.15) is 5.69 Å². The van der Waals surface area contributed by atoms with Gasteiger partial charge in [0.15, 0.2) is 0 Å². The molecular formula is C11H9NS. The standard InChI is InChI=1S/C11H9NS/c1-3-4-10-9-6-5-8(2)7-11(9)13-12-10/h5-7H,1-2H3. The molecule has 0 unspecified atom stereocenters. The van der Waals surface area contributed by atoms with Crippen LogP contribution in [0.15, 0.2) is 18.2 Å². The van der Waals surface area contributed by atoms with Crippen molar-refractivity contribution in [3.8, 4) is 11.8 Å². The highest BCUT2D eigenvalue weighted by atomic mass is 32.1. The predicted octanol–water partition coefficient (Wildman–Crippen LogP) is 2.98. The van der Waals surface area contributed by atoms with Crippen molar-refractivity contribution in [2.45, 2.75) is 13.8 Å². The third kappa shape index (κ3) is 1.43. The third-order valence-corrected chi connectivity index (χ3v) is 2.68. The lowest BCUT2D eigenvalue weighted by Gasteiger charge is -1.90. The SMILES string of the molecule is CC#Cc1nsc2cc(C)ccc12. The lowest BCUT2D eigenvalue weighted by atomic mass is 10.1. The van der Waals surface area contributed by atoms with Crippen molar-refractivity contribution in [3.05, 3.63) is 29.5 Å². The van der Waals surface area contributed by atoms with Crippen LogP contribution in [-0.4, -0.2) is 4.37 Å². The Morgan fingerprint density at radius 3 is 3.00 bits per heavy atom. The van der Waals surface area contributed by atoms with Gasteiger partial charge in [0.25, 0.3) is 0 Å². The molecule has 0 aliphatic heterocycles. The first-order valence-corrected chi connectivity index (χ1v) is 4.87. The van der Waals surface area contributed by atoms with Crippen molar-refractivity contribution in [2.24, 2.45) is 0 Å². The van der Waals surface area contributed by atoms with Crippen molar-refractivity contribution < 1.29 is 0 Å². The van der Waals surface area contributed by atoms with Crippen molar-refractivity contribution in [1.29, 1.82) is 0 Å². The van der Waals surface area contributed by atoms with Crippen LogP contribution in [0.3, 0.4) is 0 Å². The summed E-state index contributed by atoms with van der Waals surface area (Å²) in [4.78, 5) is 0. The zero-order chi connectivity index (χ0) is 9.26. The molecule has 1 aromatic heterocycles. The molecule has 0 bridgehead atoms. The molecule has 0 fully saturated rings. The van der Waals surface area contributed by atoms with Crippen LogP contribution in [0.2, 0.25) is 0 Å². The first-order chi connectivity index (χ1) is 6.31. The largest absolute Gasteiger partial charge is 0.183 e. The highest BCUT2D eigenvalue weighted by molar-refractivity contribution is 7.13. The van der Waals surface area contributed by atoms with Crippen LogP contribution in [-0.2, 0) is 0 Å². The van der Waals surface area contributed by atoms with Gasteiger partial charge >= 0.3 is 0 Å². The molecule has 13 heavy (non-hydrogen) atoms. The Balaban J connectivity index is 2.73. The number of fused-ring (bicyclic) bond motifs is 1. The van der Waals surface area contributed by atoms with E-state index in [2.05, 4.69) is 41.3 Å². The smallest absolute Gasteiger partial charge is 0.134 e. The van der Waals surface area contributed by atoms with Crippen molar-refractivity contribution in [3.63, 3.8) is 0 Å². The molecule has 0 saturated carbocycles. The van der Waals surface area contributed by atoms with Gasteiger partial charge in [0.05, 0.1) is 4.70 Å². The summed E-state index contributed by atoms with van der Waals surface area (Å²) in [5.41, 5.74) is 2.18. The Labute approximate surface area is 81.6 Å².